The molecule has 0 saturated carbocycles. The molecule has 0 saturated heterocycles. The van der Waals surface area contributed by atoms with Gasteiger partial charge in [-0.2, -0.15) is 0 Å². The first-order chi connectivity index (χ1) is 7.27. The largest absolute Gasteiger partial charge is 0.495 e. The molecule has 0 amide bonds. The number of halogens is 1. The summed E-state index contributed by atoms with van der Waals surface area (Å²) in [4.78, 5) is 0. The first-order valence-corrected chi connectivity index (χ1v) is 5.63. The lowest BCUT2D eigenvalue weighted by Crippen LogP contribution is -1.99. The zero-order valence-corrected chi connectivity index (χ0v) is 9.60. The molecular weight excluding hydrogens is 212 g/mol. The van der Waals surface area contributed by atoms with E-state index in [-0.39, 0.29) is 6.61 Å². The number of fused-ring (bicyclic) bond motifs is 1. The molecule has 1 N–H and O–H groups in total. The minimum absolute atomic E-state index is 0.130. The molecule has 0 heterocycles. The molecule has 82 valence electrons. The van der Waals surface area contributed by atoms with Gasteiger partial charge in [-0.25, -0.2) is 0 Å². The van der Waals surface area contributed by atoms with Gasteiger partial charge in [0.2, 0.25) is 0 Å². The summed E-state index contributed by atoms with van der Waals surface area (Å²) in [6.07, 6.45) is 3.92. The Kier molecular flexibility index (Phi) is 3.17. The molecule has 1 aromatic rings. The maximum absolute atomic E-state index is 8.98. The maximum atomic E-state index is 8.98. The van der Waals surface area contributed by atoms with Crippen LogP contribution in [0.3, 0.4) is 0 Å². The number of hydrogen-bond acceptors (Lipinski definition) is 2. The quantitative estimate of drug-likeness (QED) is 0.858. The molecule has 0 spiro atoms. The lowest BCUT2D eigenvalue weighted by molar-refractivity contribution is 0.296. The van der Waals surface area contributed by atoms with E-state index in [2.05, 4.69) is 6.07 Å². The first kappa shape index (κ1) is 10.8. The van der Waals surface area contributed by atoms with Gasteiger partial charge in [-0.15, -0.1) is 0 Å². The van der Waals surface area contributed by atoms with Crippen LogP contribution in [0.4, 0.5) is 0 Å². The Morgan fingerprint density at radius 1 is 1.47 bits per heavy atom. The van der Waals surface area contributed by atoms with Crippen LogP contribution in [0.15, 0.2) is 6.07 Å². The molecule has 0 atom stereocenters. The van der Waals surface area contributed by atoms with Crippen LogP contribution in [-0.4, -0.2) is 18.8 Å². The number of hydrogen-bond donors (Lipinski definition) is 1. The summed E-state index contributed by atoms with van der Waals surface area (Å²) in [5.74, 6) is 0.742. The minimum atomic E-state index is 0.130. The van der Waals surface area contributed by atoms with E-state index in [1.807, 2.05) is 0 Å². The van der Waals surface area contributed by atoms with Crippen molar-refractivity contribution in [1.82, 2.24) is 0 Å². The average molecular weight is 227 g/mol. The van der Waals surface area contributed by atoms with Crippen molar-refractivity contribution in [2.75, 3.05) is 13.7 Å². The van der Waals surface area contributed by atoms with E-state index in [1.165, 1.54) is 17.5 Å². The van der Waals surface area contributed by atoms with Crippen LogP contribution in [0.5, 0.6) is 5.75 Å². The van der Waals surface area contributed by atoms with Crippen molar-refractivity contribution in [3.8, 4) is 5.75 Å². The fraction of sp³-hybridized carbons (Fsp3) is 0.500. The van der Waals surface area contributed by atoms with Gasteiger partial charge in [-0.1, -0.05) is 17.7 Å². The van der Waals surface area contributed by atoms with E-state index in [0.29, 0.717) is 6.42 Å². The number of rotatable bonds is 3. The molecule has 15 heavy (non-hydrogen) atoms. The molecule has 0 unspecified atom stereocenters. The summed E-state index contributed by atoms with van der Waals surface area (Å²) in [7, 11) is 1.63. The zero-order chi connectivity index (χ0) is 10.8. The third kappa shape index (κ3) is 1.84. The summed E-state index contributed by atoms with van der Waals surface area (Å²) < 4.78 is 5.31. The van der Waals surface area contributed by atoms with E-state index in [1.54, 1.807) is 7.11 Å². The van der Waals surface area contributed by atoms with Crippen molar-refractivity contribution >= 4 is 11.6 Å². The van der Waals surface area contributed by atoms with E-state index in [0.717, 1.165) is 29.2 Å². The number of aliphatic hydroxyl groups is 1. The van der Waals surface area contributed by atoms with E-state index in [9.17, 15) is 0 Å². The Balaban J connectivity index is 2.51. The Labute approximate surface area is 94.8 Å². The third-order valence-corrected chi connectivity index (χ3v) is 3.35. The summed E-state index contributed by atoms with van der Waals surface area (Å²) >= 11 is 6.29. The number of methoxy groups -OCH3 is 1. The van der Waals surface area contributed by atoms with Crippen LogP contribution in [0.25, 0.3) is 0 Å². The fourth-order valence-corrected chi connectivity index (χ4v) is 2.67. The van der Waals surface area contributed by atoms with Gasteiger partial charge in [0.25, 0.3) is 0 Å². The SMILES string of the molecule is COc1c(CCO)cc2c(c1Cl)CCC2. The van der Waals surface area contributed by atoms with Gasteiger partial charge in [0.05, 0.1) is 12.1 Å². The van der Waals surface area contributed by atoms with Crippen LogP contribution in [0.1, 0.15) is 23.1 Å². The van der Waals surface area contributed by atoms with Crippen LogP contribution < -0.4 is 4.74 Å². The van der Waals surface area contributed by atoms with Gasteiger partial charge in [-0.3, -0.25) is 0 Å². The Morgan fingerprint density at radius 3 is 2.93 bits per heavy atom. The third-order valence-electron chi connectivity index (χ3n) is 2.95. The van der Waals surface area contributed by atoms with Crippen molar-refractivity contribution in [3.05, 3.63) is 27.8 Å². The monoisotopic (exact) mass is 226 g/mol. The van der Waals surface area contributed by atoms with Gasteiger partial charge >= 0.3 is 0 Å². The molecule has 2 nitrogen and oxygen atoms in total. The van der Waals surface area contributed by atoms with Crippen molar-refractivity contribution < 1.29 is 9.84 Å². The van der Waals surface area contributed by atoms with Gasteiger partial charge < -0.3 is 9.84 Å². The van der Waals surface area contributed by atoms with Crippen LogP contribution in [0, 0.1) is 0 Å². The molecule has 0 bridgehead atoms. The van der Waals surface area contributed by atoms with Crippen molar-refractivity contribution in [3.63, 3.8) is 0 Å². The number of aliphatic hydroxyl groups excluding tert-OH is 1. The Hall–Kier alpha value is -0.730. The van der Waals surface area contributed by atoms with Gasteiger partial charge in [0.1, 0.15) is 5.75 Å². The van der Waals surface area contributed by atoms with Crippen molar-refractivity contribution in [2.24, 2.45) is 0 Å². The Bertz CT molecular complexity index is 374. The molecule has 0 aliphatic heterocycles. The standard InChI is InChI=1S/C12H15ClO2/c1-15-12-9(5-6-14)7-8-3-2-4-10(8)11(12)13/h7,14H,2-6H2,1H3. The summed E-state index contributed by atoms with van der Waals surface area (Å²) in [5.41, 5.74) is 3.57. The molecule has 1 aliphatic rings. The highest BCUT2D eigenvalue weighted by atomic mass is 35.5. The second kappa shape index (κ2) is 4.42. The van der Waals surface area contributed by atoms with Crippen LogP contribution in [-0.2, 0) is 19.3 Å². The zero-order valence-electron chi connectivity index (χ0n) is 8.85. The molecule has 0 fully saturated rings. The Morgan fingerprint density at radius 2 is 2.27 bits per heavy atom. The summed E-state index contributed by atoms with van der Waals surface area (Å²) in [5, 5.41) is 9.73. The first-order valence-electron chi connectivity index (χ1n) is 5.26. The smallest absolute Gasteiger partial charge is 0.141 e. The highest BCUT2D eigenvalue weighted by Gasteiger charge is 2.20. The fourth-order valence-electron chi connectivity index (χ4n) is 2.26. The second-order valence-corrected chi connectivity index (χ2v) is 4.23. The average Bonchev–Trinajstić information content (AvgIpc) is 2.67. The minimum Gasteiger partial charge on any atom is -0.495 e. The number of aryl methyl sites for hydroxylation is 1. The topological polar surface area (TPSA) is 29.5 Å². The van der Waals surface area contributed by atoms with Gasteiger partial charge in [0.15, 0.2) is 0 Å². The van der Waals surface area contributed by atoms with Crippen LogP contribution in [0.2, 0.25) is 5.02 Å². The molecule has 3 heteroatoms. The summed E-state index contributed by atoms with van der Waals surface area (Å²) in [6.45, 7) is 0.130. The lowest BCUT2D eigenvalue weighted by atomic mass is 10.0. The highest BCUT2D eigenvalue weighted by Crippen LogP contribution is 2.38. The van der Waals surface area contributed by atoms with Gasteiger partial charge in [-0.05, 0) is 42.4 Å². The van der Waals surface area contributed by atoms with E-state index in [4.69, 9.17) is 21.4 Å². The van der Waals surface area contributed by atoms with E-state index < -0.39 is 0 Å². The number of benzene rings is 1. The number of ether oxygens (including phenoxy) is 1. The predicted molar refractivity (Wildman–Crippen MR) is 60.8 cm³/mol. The summed E-state index contributed by atoms with van der Waals surface area (Å²) in [6, 6.07) is 2.13. The molecular formula is C12H15ClO2. The molecule has 1 aromatic carbocycles. The van der Waals surface area contributed by atoms with E-state index >= 15 is 0 Å². The van der Waals surface area contributed by atoms with Crippen molar-refractivity contribution in [2.45, 2.75) is 25.7 Å². The molecule has 1 aliphatic carbocycles. The maximum Gasteiger partial charge on any atom is 0.141 e. The normalized spacial score (nSPS) is 14.1. The molecule has 0 aromatic heterocycles. The molecule has 2 rings (SSSR count). The van der Waals surface area contributed by atoms with Crippen LogP contribution >= 0.6 is 11.6 Å². The highest BCUT2D eigenvalue weighted by molar-refractivity contribution is 6.33. The lowest BCUT2D eigenvalue weighted by Gasteiger charge is -2.13. The second-order valence-electron chi connectivity index (χ2n) is 3.85. The molecule has 0 radical (unpaired) electrons. The van der Waals surface area contributed by atoms with Gasteiger partial charge in [0, 0.05) is 6.61 Å². The van der Waals surface area contributed by atoms with Crippen molar-refractivity contribution in [1.29, 1.82) is 0 Å². The predicted octanol–water partition coefficient (Wildman–Crippen LogP) is 2.37.